The second kappa shape index (κ2) is 31.1. The fourth-order valence-corrected chi connectivity index (χ4v) is 15.1. The van der Waals surface area contributed by atoms with Gasteiger partial charge in [0, 0.05) is 64.7 Å². The van der Waals surface area contributed by atoms with Crippen LogP contribution in [0.1, 0.15) is 175 Å². The number of sulfonamides is 2. The van der Waals surface area contributed by atoms with Crippen molar-refractivity contribution in [1.29, 1.82) is 0 Å². The molecule has 5 aromatic rings. The van der Waals surface area contributed by atoms with Crippen LogP contribution in [0.2, 0.25) is 0 Å². The summed E-state index contributed by atoms with van der Waals surface area (Å²) in [5.74, 6) is 0.746. The molecule has 26 heteroatoms. The third-order valence-electron chi connectivity index (χ3n) is 12.4. The Morgan fingerprint density at radius 1 is 0.600 bits per heavy atom. The maximum Gasteiger partial charge on any atom is 0.407 e. The van der Waals surface area contributed by atoms with Crippen LogP contribution in [0, 0.1) is 6.92 Å². The van der Waals surface area contributed by atoms with Crippen LogP contribution in [0.3, 0.4) is 0 Å². The van der Waals surface area contributed by atoms with Crippen LogP contribution in [0.4, 0.5) is 30.6 Å². The monoisotopic (exact) mass is 1380 g/mol. The number of hydrogen-bond acceptors (Lipinski definition) is 14. The first-order chi connectivity index (χ1) is 39.0. The number of alkyl carbamates (subject to hydrolysis) is 2. The van der Waals surface area contributed by atoms with Gasteiger partial charge in [-0.05, 0) is 193 Å². The van der Waals surface area contributed by atoms with E-state index in [1.807, 2.05) is 78.1 Å². The van der Waals surface area contributed by atoms with Crippen LogP contribution in [0.5, 0.6) is 0 Å². The van der Waals surface area contributed by atoms with Gasteiger partial charge in [-0.25, -0.2) is 55.4 Å². The van der Waals surface area contributed by atoms with Gasteiger partial charge in [0.05, 0.1) is 50.8 Å². The second-order valence-corrected chi connectivity index (χ2v) is 31.9. The van der Waals surface area contributed by atoms with Crippen molar-refractivity contribution in [2.75, 3.05) is 10.6 Å². The summed E-state index contributed by atoms with van der Waals surface area (Å²) in [6.45, 7) is 23.8. The summed E-state index contributed by atoms with van der Waals surface area (Å²) in [6.07, 6.45) is 10.3. The number of anilines is 2. The molecular weight excluding hydrogens is 1300 g/mol. The fraction of sp³-hybridized carbons (Fsp3) is 0.525. The van der Waals surface area contributed by atoms with Crippen molar-refractivity contribution >= 4 is 110 Å². The topological polar surface area (TPSA) is 277 Å². The van der Waals surface area contributed by atoms with Gasteiger partial charge in [0.25, 0.3) is 0 Å². The summed E-state index contributed by atoms with van der Waals surface area (Å²) in [7, 11) is -7.60. The van der Waals surface area contributed by atoms with Gasteiger partial charge in [-0.3, -0.25) is 4.34 Å². The first-order valence-electron chi connectivity index (χ1n) is 27.6. The molecule has 3 aromatic carbocycles. The lowest BCUT2D eigenvalue weighted by molar-refractivity contribution is 0.0479. The van der Waals surface area contributed by atoms with Crippen molar-refractivity contribution in [2.45, 2.75) is 211 Å². The van der Waals surface area contributed by atoms with E-state index in [9.17, 15) is 36.0 Å². The Morgan fingerprint density at radius 2 is 1.05 bits per heavy atom. The van der Waals surface area contributed by atoms with E-state index >= 15 is 0 Å². The molecule has 2 aromatic heterocycles. The smallest absolute Gasteiger partial charge is 0.407 e. The molecule has 0 spiro atoms. The molecule has 85 heavy (non-hydrogen) atoms. The minimum atomic E-state index is -3.95. The highest BCUT2D eigenvalue weighted by Gasteiger charge is 2.31. The number of hydrogen-bond donors (Lipinski definition) is 8. The summed E-state index contributed by atoms with van der Waals surface area (Å²) >= 11 is 9.43. The lowest BCUT2D eigenvalue weighted by atomic mass is 9.86. The fourth-order valence-electron chi connectivity index (χ4n) is 8.99. The molecule has 2 saturated carbocycles. The average Bonchev–Trinajstić information content (AvgIpc) is 2.19. The maximum absolute atomic E-state index is 13.6. The molecule has 2 heterocycles. The van der Waals surface area contributed by atoms with Crippen molar-refractivity contribution in [3.8, 4) is 10.4 Å². The second-order valence-electron chi connectivity index (χ2n) is 24.7. The molecule has 0 unspecified atom stereocenters. The number of aryl methyl sites for hydroxylation is 1. The van der Waals surface area contributed by atoms with Gasteiger partial charge in [0.2, 0.25) is 20.0 Å². The Bertz CT molecular complexity index is 3250. The third kappa shape index (κ3) is 25.2. The van der Waals surface area contributed by atoms with Gasteiger partial charge >= 0.3 is 24.2 Å². The van der Waals surface area contributed by atoms with Crippen LogP contribution in [0.25, 0.3) is 10.4 Å². The summed E-state index contributed by atoms with van der Waals surface area (Å²) in [5.41, 5.74) is 0.539. The van der Waals surface area contributed by atoms with E-state index < -0.39 is 60.5 Å². The van der Waals surface area contributed by atoms with Crippen LogP contribution in [0.15, 0.2) is 92.7 Å². The summed E-state index contributed by atoms with van der Waals surface area (Å²) in [6, 6.07) is 18.5. The highest BCUT2D eigenvalue weighted by atomic mass is 79.9. The number of halogens is 2. The van der Waals surface area contributed by atoms with Gasteiger partial charge in [-0.2, -0.15) is 0 Å². The highest BCUT2D eigenvalue weighted by molar-refractivity contribution is 9.11. The lowest BCUT2D eigenvalue weighted by Crippen LogP contribution is -2.40. The highest BCUT2D eigenvalue weighted by Crippen LogP contribution is 2.41. The number of nitrogens with one attached hydrogen (secondary N) is 8. The van der Waals surface area contributed by atoms with Gasteiger partial charge in [-0.1, -0.05) is 49.9 Å². The SMILES string of the molecule is C.CC(C)(C)NS(=O)(=O)c1cc(NC(=O)NCc2ccccc2)ccc1-c1cnc(C2CCC(NC(=O)OC(C)(C)C)CC2)s1.CC(C)(C)OC(=O)NC1CCC(c2ncc(Br)s2)CC1.Cc1ccc(NC(=O)NBr)cc1S(=O)(=O)NC(C)(C)C. The van der Waals surface area contributed by atoms with Crippen molar-refractivity contribution < 1.29 is 45.5 Å². The number of nitrogens with zero attached hydrogens (tertiary/aromatic N) is 2. The Hall–Kier alpha value is -5.22. The van der Waals surface area contributed by atoms with E-state index in [4.69, 9.17) is 9.47 Å². The Balaban J connectivity index is 0.000000313. The van der Waals surface area contributed by atoms with E-state index in [-0.39, 0.29) is 41.3 Å². The van der Waals surface area contributed by atoms with E-state index in [1.165, 1.54) is 28.5 Å². The van der Waals surface area contributed by atoms with E-state index in [1.54, 1.807) is 90.3 Å². The van der Waals surface area contributed by atoms with Crippen molar-refractivity contribution in [1.82, 2.24) is 39.7 Å². The predicted molar refractivity (Wildman–Crippen MR) is 348 cm³/mol. The Labute approximate surface area is 528 Å². The van der Waals surface area contributed by atoms with Crippen LogP contribution >= 0.6 is 54.8 Å². The number of rotatable bonds is 13. The Morgan fingerprint density at radius 3 is 1.51 bits per heavy atom. The van der Waals surface area contributed by atoms with E-state index in [2.05, 4.69) is 82.4 Å². The number of aromatic nitrogens is 2. The van der Waals surface area contributed by atoms with E-state index in [0.717, 1.165) is 70.6 Å². The normalized spacial score (nSPS) is 17.4. The number of thiazole rings is 2. The summed E-state index contributed by atoms with van der Waals surface area (Å²) < 4.78 is 71.2. The van der Waals surface area contributed by atoms with E-state index in [0.29, 0.717) is 35.0 Å². The molecule has 8 N–H and O–H groups in total. The minimum absolute atomic E-state index is 0. The van der Waals surface area contributed by atoms with Gasteiger partial charge in [-0.15, -0.1) is 22.7 Å². The first kappa shape index (κ1) is 72.3. The van der Waals surface area contributed by atoms with Crippen LogP contribution in [-0.2, 0) is 36.1 Å². The zero-order valence-corrected chi connectivity index (χ0v) is 56.5. The minimum Gasteiger partial charge on any atom is -0.444 e. The quantitative estimate of drug-likeness (QED) is 0.0511. The number of urea groups is 2. The third-order valence-corrected chi connectivity index (χ3v) is 19.3. The zero-order chi connectivity index (χ0) is 62.4. The maximum atomic E-state index is 13.6. The number of carbonyl (C=O) groups excluding carboxylic acids is 4. The predicted octanol–water partition coefficient (Wildman–Crippen LogP) is 14.4. The van der Waals surface area contributed by atoms with Gasteiger partial charge in [0.15, 0.2) is 0 Å². The van der Waals surface area contributed by atoms with Crippen molar-refractivity contribution in [3.63, 3.8) is 0 Å². The number of benzene rings is 3. The van der Waals surface area contributed by atoms with Crippen LogP contribution in [-0.4, -0.2) is 85.4 Å². The van der Waals surface area contributed by atoms with Gasteiger partial charge in [0.1, 0.15) is 11.2 Å². The zero-order valence-electron chi connectivity index (χ0n) is 50.0. The van der Waals surface area contributed by atoms with Crippen molar-refractivity contribution in [2.24, 2.45) is 0 Å². The molecule has 0 saturated heterocycles. The molecule has 0 aliphatic heterocycles. The molecular formula is C59H86Br2N10O10S4. The molecule has 7 rings (SSSR count). The average molecular weight is 1380 g/mol. The molecule has 470 valence electrons. The Kier molecular flexibility index (Phi) is 26.4. The first-order valence-corrected chi connectivity index (χ1v) is 33.8. The molecule has 0 radical (unpaired) electrons. The molecule has 20 nitrogen and oxygen atoms in total. The summed E-state index contributed by atoms with van der Waals surface area (Å²) in [4.78, 5) is 57.8. The molecule has 2 fully saturated rings. The van der Waals surface area contributed by atoms with Crippen molar-refractivity contribution in [3.05, 3.63) is 104 Å². The number of ether oxygens (including phenoxy) is 2. The standard InChI is InChI=1S/C32H43N5O5S2.C14H21BrN2O2S.C12H18BrN3O3S.CH4/c1-31(2,3)37-44(40,41)27-18-24(35-29(38)34-19-21-10-8-7-9-11-21)16-17-25(27)26-20-33-28(43-26)22-12-14-23(15-13-22)36-30(39)42-32(4,5)6;1-14(2,3)19-13(18)17-10-6-4-9(5-7-10)12-16-8-11(15)20-12;1-8-5-6-9(14-11(17)15-13)7-10(8)20(18,19)16-12(2,3)4;/h7-11,16-18,20,22-23,37H,12-15,19H2,1-6H3,(H,36,39)(H2,34,35,38);8-10H,4-7H2,1-3H3,(H,17,18);5-7,16H,1-4H3,(H2,14,15,17);1H4. The van der Waals surface area contributed by atoms with Gasteiger partial charge < -0.3 is 36.1 Å². The molecule has 2 aliphatic carbocycles. The molecule has 6 amide bonds. The number of amides is 6. The lowest BCUT2D eigenvalue weighted by Gasteiger charge is -2.29. The number of carbonyl (C=O) groups is 4. The van der Waals surface area contributed by atoms with Crippen LogP contribution < -0.4 is 40.4 Å². The molecule has 0 atom stereocenters. The molecule has 2 aliphatic rings. The summed E-state index contributed by atoms with van der Waals surface area (Å²) in [5, 5.41) is 16.1. The largest absolute Gasteiger partial charge is 0.444 e. The molecule has 0 bridgehead atoms.